The first-order valence-corrected chi connectivity index (χ1v) is 8.69. The molecule has 0 spiro atoms. The molecule has 0 aliphatic heterocycles. The van der Waals surface area contributed by atoms with Gasteiger partial charge >= 0.3 is 6.18 Å². The van der Waals surface area contributed by atoms with Crippen molar-refractivity contribution in [1.82, 2.24) is 9.22 Å². The summed E-state index contributed by atoms with van der Waals surface area (Å²) in [5, 5.41) is 0. The van der Waals surface area contributed by atoms with E-state index in [9.17, 15) is 13.2 Å². The molecular weight excluding hydrogens is 245 g/mol. The van der Waals surface area contributed by atoms with Crippen LogP contribution in [0.25, 0.3) is 11.0 Å². The van der Waals surface area contributed by atoms with Crippen molar-refractivity contribution in [2.45, 2.75) is 25.8 Å². The van der Waals surface area contributed by atoms with Crippen molar-refractivity contribution >= 4 is 19.3 Å². The van der Waals surface area contributed by atoms with Crippen molar-refractivity contribution in [3.8, 4) is 0 Å². The molecule has 0 saturated carbocycles. The first-order valence-electron chi connectivity index (χ1n) is 5.24. The molecule has 17 heavy (non-hydrogen) atoms. The number of benzene rings is 1. The molecule has 0 fully saturated rings. The van der Waals surface area contributed by atoms with E-state index in [2.05, 4.69) is 24.6 Å². The zero-order valence-corrected chi connectivity index (χ0v) is 10.8. The van der Waals surface area contributed by atoms with Gasteiger partial charge in [0.1, 0.15) is 0 Å². The summed E-state index contributed by atoms with van der Waals surface area (Å²) in [6.07, 6.45) is -2.67. The topological polar surface area (TPSA) is 17.8 Å². The van der Waals surface area contributed by atoms with Crippen LogP contribution in [0.1, 0.15) is 5.56 Å². The summed E-state index contributed by atoms with van der Waals surface area (Å²) >= 11 is 0. The van der Waals surface area contributed by atoms with E-state index < -0.39 is 20.0 Å². The van der Waals surface area contributed by atoms with Crippen molar-refractivity contribution in [2.75, 3.05) is 0 Å². The van der Waals surface area contributed by atoms with Gasteiger partial charge in [-0.25, -0.2) is 4.98 Å². The Balaban J connectivity index is 2.61. The first kappa shape index (κ1) is 12.2. The van der Waals surface area contributed by atoms with E-state index in [1.165, 1.54) is 6.07 Å². The molecule has 0 unspecified atom stereocenters. The second-order valence-electron chi connectivity index (χ2n) is 4.99. The Kier molecular flexibility index (Phi) is 2.57. The molecule has 0 bridgehead atoms. The average molecular weight is 258 g/mol. The van der Waals surface area contributed by atoms with E-state index in [4.69, 9.17) is 0 Å². The summed E-state index contributed by atoms with van der Waals surface area (Å²) in [4.78, 5) is 4.06. The van der Waals surface area contributed by atoms with Crippen LogP contribution >= 0.6 is 0 Å². The Labute approximate surface area is 98.2 Å². The molecule has 0 N–H and O–H groups in total. The van der Waals surface area contributed by atoms with Crippen LogP contribution < -0.4 is 0 Å². The third-order valence-electron chi connectivity index (χ3n) is 2.60. The lowest BCUT2D eigenvalue weighted by atomic mass is 10.2. The molecule has 0 aliphatic carbocycles. The van der Waals surface area contributed by atoms with Crippen LogP contribution in [0.3, 0.4) is 0 Å². The summed E-state index contributed by atoms with van der Waals surface area (Å²) in [7, 11) is -1.64. The number of hydrogen-bond acceptors (Lipinski definition) is 1. The number of halogens is 3. The number of fused-ring (bicyclic) bond motifs is 1. The van der Waals surface area contributed by atoms with Gasteiger partial charge < -0.3 is 4.23 Å². The van der Waals surface area contributed by atoms with Crippen LogP contribution in [0.5, 0.6) is 0 Å². The number of aromatic nitrogens is 2. The molecule has 1 aromatic heterocycles. The summed E-state index contributed by atoms with van der Waals surface area (Å²) in [6.45, 7) is 6.35. The fraction of sp³-hybridized carbons (Fsp3) is 0.364. The van der Waals surface area contributed by atoms with Crippen molar-refractivity contribution < 1.29 is 13.2 Å². The lowest BCUT2D eigenvalue weighted by Crippen LogP contribution is -2.31. The first-order chi connectivity index (χ1) is 7.69. The highest BCUT2D eigenvalue weighted by molar-refractivity contribution is 6.75. The summed E-state index contributed by atoms with van der Waals surface area (Å²) in [6, 6.07) is 3.72. The van der Waals surface area contributed by atoms with Crippen molar-refractivity contribution in [1.29, 1.82) is 0 Å². The zero-order chi connectivity index (χ0) is 12.8. The lowest BCUT2D eigenvalue weighted by Gasteiger charge is -2.19. The highest BCUT2D eigenvalue weighted by Crippen LogP contribution is 2.31. The number of rotatable bonds is 1. The Morgan fingerprint density at radius 1 is 1.18 bits per heavy atom. The van der Waals surface area contributed by atoms with E-state index >= 15 is 0 Å². The van der Waals surface area contributed by atoms with Crippen molar-refractivity contribution in [3.05, 3.63) is 30.1 Å². The molecule has 0 aliphatic rings. The molecule has 0 radical (unpaired) electrons. The smallest absolute Gasteiger partial charge is 0.359 e. The molecule has 1 aromatic carbocycles. The average Bonchev–Trinajstić information content (AvgIpc) is 2.57. The van der Waals surface area contributed by atoms with E-state index in [0.29, 0.717) is 5.52 Å². The molecule has 2 rings (SSSR count). The van der Waals surface area contributed by atoms with E-state index in [1.807, 2.05) is 4.23 Å². The second-order valence-corrected chi connectivity index (χ2v) is 9.81. The minimum absolute atomic E-state index is 0.405. The van der Waals surface area contributed by atoms with Crippen molar-refractivity contribution in [3.63, 3.8) is 0 Å². The Morgan fingerprint density at radius 2 is 1.82 bits per heavy atom. The van der Waals surface area contributed by atoms with Gasteiger partial charge in [0, 0.05) is 0 Å². The highest BCUT2D eigenvalue weighted by Gasteiger charge is 2.31. The highest BCUT2D eigenvalue weighted by atomic mass is 28.3. The minimum Gasteiger partial charge on any atom is -0.359 e. The molecule has 0 atom stereocenters. The standard InChI is InChI=1S/C11H13F3N2Si/c1-17(2,3)16-7-15-9-6-8(11(12,13)14)4-5-10(9)16/h4-7H,1-3H3. The predicted molar refractivity (Wildman–Crippen MR) is 63.5 cm³/mol. The van der Waals surface area contributed by atoms with Gasteiger partial charge in [-0.05, 0) is 18.2 Å². The summed E-state index contributed by atoms with van der Waals surface area (Å²) in [5.41, 5.74) is 0.533. The fourth-order valence-corrected chi connectivity index (χ4v) is 3.04. The normalized spacial score (nSPS) is 13.3. The fourth-order valence-electron chi connectivity index (χ4n) is 1.72. The predicted octanol–water partition coefficient (Wildman–Crippen LogP) is 3.74. The molecule has 1 heterocycles. The van der Waals surface area contributed by atoms with Crippen LogP contribution in [0, 0.1) is 0 Å². The summed E-state index contributed by atoms with van der Waals surface area (Å²) < 4.78 is 39.6. The number of imidazole rings is 1. The minimum atomic E-state index is -4.31. The quantitative estimate of drug-likeness (QED) is 0.712. The molecule has 2 nitrogen and oxygen atoms in total. The van der Waals surface area contributed by atoms with Crippen LogP contribution in [0.4, 0.5) is 13.2 Å². The lowest BCUT2D eigenvalue weighted by molar-refractivity contribution is -0.137. The van der Waals surface area contributed by atoms with Crippen molar-refractivity contribution in [2.24, 2.45) is 0 Å². The van der Waals surface area contributed by atoms with Crippen LogP contribution in [-0.4, -0.2) is 17.5 Å². The Hall–Kier alpha value is -1.30. The summed E-state index contributed by atoms with van der Waals surface area (Å²) in [5.74, 6) is 0. The maximum absolute atomic E-state index is 12.5. The number of alkyl halides is 3. The van der Waals surface area contributed by atoms with E-state index in [0.717, 1.165) is 17.6 Å². The van der Waals surface area contributed by atoms with Gasteiger partial charge in [-0.3, -0.25) is 0 Å². The molecule has 6 heteroatoms. The molecule has 0 saturated heterocycles. The van der Waals surface area contributed by atoms with Crippen LogP contribution in [-0.2, 0) is 6.18 Å². The van der Waals surface area contributed by atoms with Gasteiger partial charge in [0.25, 0.3) is 0 Å². The van der Waals surface area contributed by atoms with Crippen LogP contribution in [0.15, 0.2) is 24.5 Å². The van der Waals surface area contributed by atoms with Gasteiger partial charge in [0.15, 0.2) is 8.24 Å². The van der Waals surface area contributed by atoms with Gasteiger partial charge in [-0.1, -0.05) is 19.6 Å². The largest absolute Gasteiger partial charge is 0.416 e. The second kappa shape index (κ2) is 3.59. The third kappa shape index (κ3) is 2.22. The SMILES string of the molecule is C[Si](C)(C)n1cnc2cc(C(F)(F)F)ccc21. The molecule has 0 amide bonds. The molecule has 92 valence electrons. The monoisotopic (exact) mass is 258 g/mol. The van der Waals surface area contributed by atoms with Gasteiger partial charge in [0.05, 0.1) is 22.9 Å². The number of nitrogens with zero attached hydrogens (tertiary/aromatic N) is 2. The van der Waals surface area contributed by atoms with Gasteiger partial charge in [0.2, 0.25) is 0 Å². The Bertz CT molecular complexity index is 552. The molecular formula is C11H13F3N2Si. The van der Waals surface area contributed by atoms with Gasteiger partial charge in [-0.15, -0.1) is 0 Å². The third-order valence-corrected chi connectivity index (χ3v) is 4.40. The zero-order valence-electron chi connectivity index (χ0n) is 9.84. The maximum atomic E-state index is 12.5. The molecule has 2 aromatic rings. The Morgan fingerprint density at radius 3 is 2.35 bits per heavy atom. The van der Waals surface area contributed by atoms with E-state index in [-0.39, 0.29) is 0 Å². The number of hydrogen-bond donors (Lipinski definition) is 0. The van der Waals surface area contributed by atoms with Gasteiger partial charge in [-0.2, -0.15) is 13.2 Å². The maximum Gasteiger partial charge on any atom is 0.416 e. The van der Waals surface area contributed by atoms with E-state index in [1.54, 1.807) is 6.33 Å². The van der Waals surface area contributed by atoms with Crippen LogP contribution in [0.2, 0.25) is 19.6 Å².